The number of rotatable bonds is 5. The van der Waals surface area contributed by atoms with Crippen molar-refractivity contribution in [3.63, 3.8) is 0 Å². The number of hydrogen-bond acceptors (Lipinski definition) is 4. The van der Waals surface area contributed by atoms with Crippen LogP contribution in [0.1, 0.15) is 22.8 Å². The Morgan fingerprint density at radius 3 is 2.40 bits per heavy atom. The van der Waals surface area contributed by atoms with Crippen molar-refractivity contribution >= 4 is 17.2 Å². The molecule has 1 N–H and O–H groups in total. The lowest BCUT2D eigenvalue weighted by atomic mass is 10.0. The minimum absolute atomic E-state index is 0.0264. The van der Waals surface area contributed by atoms with Gasteiger partial charge in [-0.15, -0.1) is 0 Å². The predicted molar refractivity (Wildman–Crippen MR) is 77.1 cm³/mol. The number of nitrogens with one attached hydrogen (secondary N) is 1. The quantitative estimate of drug-likeness (QED) is 0.514. The van der Waals surface area contributed by atoms with Crippen LogP contribution in [0.3, 0.4) is 0 Å². The number of nitro groups is 1. The first-order valence-electron chi connectivity index (χ1n) is 6.25. The molecule has 0 saturated heterocycles. The summed E-state index contributed by atoms with van der Waals surface area (Å²) in [6.45, 7) is 2.66. The molecule has 0 aliphatic carbocycles. The number of benzene rings is 2. The van der Waals surface area contributed by atoms with Crippen molar-refractivity contribution in [3.8, 4) is 0 Å². The van der Waals surface area contributed by atoms with Crippen molar-refractivity contribution in [3.05, 3.63) is 69.8 Å². The number of nitro benzene ring substituents is 1. The number of hydrogen-bond donors (Lipinski definition) is 1. The van der Waals surface area contributed by atoms with Crippen molar-refractivity contribution in [1.82, 2.24) is 0 Å². The second-order valence-corrected chi connectivity index (χ2v) is 4.21. The predicted octanol–water partition coefficient (Wildman–Crippen LogP) is 3.26. The Hall–Kier alpha value is -2.69. The van der Waals surface area contributed by atoms with Crippen molar-refractivity contribution in [2.75, 3.05) is 11.9 Å². The summed E-state index contributed by atoms with van der Waals surface area (Å²) in [7, 11) is 0. The molecule has 5 nitrogen and oxygen atoms in total. The van der Waals surface area contributed by atoms with E-state index in [0.29, 0.717) is 17.7 Å². The van der Waals surface area contributed by atoms with E-state index in [0.717, 1.165) is 5.69 Å². The van der Waals surface area contributed by atoms with E-state index >= 15 is 0 Å². The lowest BCUT2D eigenvalue weighted by Gasteiger charge is -2.09. The Labute approximate surface area is 116 Å². The van der Waals surface area contributed by atoms with E-state index in [1.165, 1.54) is 24.3 Å². The Bertz CT molecular complexity index is 636. The van der Waals surface area contributed by atoms with Crippen molar-refractivity contribution < 1.29 is 9.72 Å². The van der Waals surface area contributed by atoms with Gasteiger partial charge in [0, 0.05) is 35.5 Å². The average Bonchev–Trinajstić information content (AvgIpc) is 2.47. The van der Waals surface area contributed by atoms with Crippen molar-refractivity contribution in [1.29, 1.82) is 0 Å². The first kappa shape index (κ1) is 13.7. The van der Waals surface area contributed by atoms with Gasteiger partial charge in [-0.2, -0.15) is 0 Å². The summed E-state index contributed by atoms with van der Waals surface area (Å²) < 4.78 is 0. The van der Waals surface area contributed by atoms with Gasteiger partial charge in [0.2, 0.25) is 0 Å². The number of ketones is 1. The molecule has 0 aliphatic heterocycles. The van der Waals surface area contributed by atoms with Crippen LogP contribution < -0.4 is 5.32 Å². The first-order valence-corrected chi connectivity index (χ1v) is 6.25. The molecule has 0 fully saturated rings. The zero-order valence-corrected chi connectivity index (χ0v) is 11.0. The highest BCUT2D eigenvalue weighted by Crippen LogP contribution is 2.20. The number of nitrogens with zero attached hydrogens (tertiary/aromatic N) is 1. The standard InChI is InChI=1S/C15H14N2O3/c1-2-16-14-6-4-3-5-13(14)15(18)11-7-9-12(10-8-11)17(19)20/h3-10,16H,2H2,1H3. The van der Waals surface area contributed by atoms with E-state index in [-0.39, 0.29) is 11.5 Å². The van der Waals surface area contributed by atoms with Gasteiger partial charge in [-0.05, 0) is 31.2 Å². The lowest BCUT2D eigenvalue weighted by Crippen LogP contribution is -2.07. The number of carbonyl (C=O) groups excluding carboxylic acids is 1. The van der Waals surface area contributed by atoms with Crippen LogP contribution in [-0.2, 0) is 0 Å². The molecule has 102 valence electrons. The third-order valence-electron chi connectivity index (χ3n) is 2.88. The van der Waals surface area contributed by atoms with Crippen LogP contribution in [0, 0.1) is 10.1 Å². The van der Waals surface area contributed by atoms with Gasteiger partial charge in [0.1, 0.15) is 0 Å². The molecular formula is C15H14N2O3. The van der Waals surface area contributed by atoms with E-state index in [2.05, 4.69) is 5.32 Å². The lowest BCUT2D eigenvalue weighted by molar-refractivity contribution is -0.384. The minimum Gasteiger partial charge on any atom is -0.385 e. The Balaban J connectivity index is 2.33. The molecule has 0 aromatic heterocycles. The van der Waals surface area contributed by atoms with Gasteiger partial charge < -0.3 is 5.32 Å². The van der Waals surface area contributed by atoms with Gasteiger partial charge in [-0.3, -0.25) is 14.9 Å². The van der Waals surface area contributed by atoms with Gasteiger partial charge in [-0.25, -0.2) is 0 Å². The molecule has 5 heteroatoms. The van der Waals surface area contributed by atoms with E-state index < -0.39 is 4.92 Å². The third kappa shape index (κ3) is 2.83. The summed E-state index contributed by atoms with van der Waals surface area (Å²) in [6.07, 6.45) is 0. The normalized spacial score (nSPS) is 10.1. The van der Waals surface area contributed by atoms with Crippen molar-refractivity contribution in [2.45, 2.75) is 6.92 Å². The summed E-state index contributed by atoms with van der Waals surface area (Å²) in [5.41, 5.74) is 1.73. The zero-order chi connectivity index (χ0) is 14.5. The molecular weight excluding hydrogens is 256 g/mol. The minimum atomic E-state index is -0.485. The van der Waals surface area contributed by atoms with Crippen LogP contribution >= 0.6 is 0 Å². The summed E-state index contributed by atoms with van der Waals surface area (Å²) in [5, 5.41) is 13.7. The monoisotopic (exact) mass is 270 g/mol. The molecule has 2 aromatic rings. The maximum Gasteiger partial charge on any atom is 0.269 e. The van der Waals surface area contributed by atoms with Crippen LogP contribution in [0.4, 0.5) is 11.4 Å². The summed E-state index contributed by atoms with van der Waals surface area (Å²) in [4.78, 5) is 22.5. The maximum absolute atomic E-state index is 12.4. The van der Waals surface area contributed by atoms with Gasteiger partial charge in [0.25, 0.3) is 5.69 Å². The largest absolute Gasteiger partial charge is 0.385 e. The highest BCUT2D eigenvalue weighted by atomic mass is 16.6. The number of carbonyl (C=O) groups is 1. The topological polar surface area (TPSA) is 72.2 Å². The number of para-hydroxylation sites is 1. The SMILES string of the molecule is CCNc1ccccc1C(=O)c1ccc([N+](=O)[O-])cc1. The molecule has 0 amide bonds. The van der Waals surface area contributed by atoms with Crippen LogP contribution in [0.5, 0.6) is 0 Å². The molecule has 20 heavy (non-hydrogen) atoms. The Morgan fingerprint density at radius 1 is 1.15 bits per heavy atom. The van der Waals surface area contributed by atoms with E-state index in [9.17, 15) is 14.9 Å². The number of anilines is 1. The zero-order valence-electron chi connectivity index (χ0n) is 11.0. The summed E-state index contributed by atoms with van der Waals surface area (Å²) in [6, 6.07) is 12.8. The molecule has 0 radical (unpaired) electrons. The van der Waals surface area contributed by atoms with Gasteiger partial charge >= 0.3 is 0 Å². The van der Waals surface area contributed by atoms with E-state index in [1.54, 1.807) is 12.1 Å². The van der Waals surface area contributed by atoms with E-state index in [1.807, 2.05) is 19.1 Å². The van der Waals surface area contributed by atoms with Crippen LogP contribution in [0.2, 0.25) is 0 Å². The summed E-state index contributed by atoms with van der Waals surface area (Å²) >= 11 is 0. The molecule has 0 saturated carbocycles. The summed E-state index contributed by atoms with van der Waals surface area (Å²) in [5.74, 6) is -0.156. The van der Waals surface area contributed by atoms with Crippen LogP contribution in [0.15, 0.2) is 48.5 Å². The molecule has 0 bridgehead atoms. The maximum atomic E-state index is 12.4. The molecule has 0 unspecified atom stereocenters. The Kier molecular flexibility index (Phi) is 4.10. The van der Waals surface area contributed by atoms with Gasteiger partial charge in [0.15, 0.2) is 5.78 Å². The second kappa shape index (κ2) is 5.97. The fraction of sp³-hybridized carbons (Fsp3) is 0.133. The van der Waals surface area contributed by atoms with Crippen molar-refractivity contribution in [2.24, 2.45) is 0 Å². The second-order valence-electron chi connectivity index (χ2n) is 4.21. The molecule has 2 aromatic carbocycles. The van der Waals surface area contributed by atoms with Gasteiger partial charge in [0.05, 0.1) is 4.92 Å². The van der Waals surface area contributed by atoms with Crippen LogP contribution in [0.25, 0.3) is 0 Å². The molecule has 2 rings (SSSR count). The fourth-order valence-electron chi connectivity index (χ4n) is 1.92. The van der Waals surface area contributed by atoms with E-state index in [4.69, 9.17) is 0 Å². The average molecular weight is 270 g/mol. The smallest absolute Gasteiger partial charge is 0.269 e. The first-order chi connectivity index (χ1) is 9.63. The molecule has 0 heterocycles. The van der Waals surface area contributed by atoms with Crippen LogP contribution in [-0.4, -0.2) is 17.3 Å². The highest BCUT2D eigenvalue weighted by Gasteiger charge is 2.14. The Morgan fingerprint density at radius 2 is 1.80 bits per heavy atom. The molecule has 0 atom stereocenters. The highest BCUT2D eigenvalue weighted by molar-refractivity contribution is 6.12. The molecule has 0 spiro atoms. The fourth-order valence-corrected chi connectivity index (χ4v) is 1.92. The molecule has 0 aliphatic rings. The number of non-ortho nitro benzene ring substituents is 1. The van der Waals surface area contributed by atoms with Gasteiger partial charge in [-0.1, -0.05) is 12.1 Å². The third-order valence-corrected chi connectivity index (χ3v) is 2.88.